The molecule has 27 heavy (non-hydrogen) atoms. The van der Waals surface area contributed by atoms with Crippen LogP contribution in [0.15, 0.2) is 30.6 Å². The summed E-state index contributed by atoms with van der Waals surface area (Å²) in [6, 6.07) is 6.02. The summed E-state index contributed by atoms with van der Waals surface area (Å²) in [6.45, 7) is 2.06. The van der Waals surface area contributed by atoms with E-state index in [1.54, 1.807) is 12.4 Å². The van der Waals surface area contributed by atoms with Crippen molar-refractivity contribution in [3.63, 3.8) is 0 Å². The molecule has 2 aliphatic rings. The summed E-state index contributed by atoms with van der Waals surface area (Å²) in [7, 11) is 0. The zero-order valence-corrected chi connectivity index (χ0v) is 15.1. The third-order valence-corrected chi connectivity index (χ3v) is 5.85. The van der Waals surface area contributed by atoms with Gasteiger partial charge in [-0.05, 0) is 49.9 Å². The molecule has 3 aromatic rings. The number of rotatable bonds is 5. The molecule has 3 N–H and O–H groups in total. The van der Waals surface area contributed by atoms with Gasteiger partial charge >= 0.3 is 0 Å². The SMILES string of the molecule is OCCc1ccc2[nH]nc(-c3cncc(O[C@H]4CNCCC45CC5)n3)c2c1. The van der Waals surface area contributed by atoms with Gasteiger partial charge in [-0.15, -0.1) is 0 Å². The van der Waals surface area contributed by atoms with Gasteiger partial charge in [-0.2, -0.15) is 5.10 Å². The van der Waals surface area contributed by atoms with Crippen molar-refractivity contribution >= 4 is 10.9 Å². The summed E-state index contributed by atoms with van der Waals surface area (Å²) in [5.41, 5.74) is 3.78. The minimum absolute atomic E-state index is 0.124. The molecule has 1 atom stereocenters. The predicted molar refractivity (Wildman–Crippen MR) is 101 cm³/mol. The van der Waals surface area contributed by atoms with E-state index in [4.69, 9.17) is 4.74 Å². The zero-order valence-electron chi connectivity index (χ0n) is 15.1. The average Bonchev–Trinajstić information content (AvgIpc) is 3.33. The Hall–Kier alpha value is -2.51. The highest BCUT2D eigenvalue weighted by Gasteiger charge is 2.52. The Morgan fingerprint density at radius 3 is 3.00 bits per heavy atom. The summed E-state index contributed by atoms with van der Waals surface area (Å²) in [6.07, 6.45) is 7.82. The van der Waals surface area contributed by atoms with Crippen molar-refractivity contribution in [1.29, 1.82) is 0 Å². The predicted octanol–water partition coefficient (Wildman–Crippen LogP) is 2.08. The number of benzene rings is 1. The molecule has 140 valence electrons. The van der Waals surface area contributed by atoms with Gasteiger partial charge in [0.25, 0.3) is 0 Å². The van der Waals surface area contributed by atoms with Gasteiger partial charge in [0.05, 0.1) is 17.9 Å². The number of hydrogen-bond acceptors (Lipinski definition) is 6. The zero-order chi connectivity index (χ0) is 18.3. The second-order valence-electron chi connectivity index (χ2n) is 7.59. The van der Waals surface area contributed by atoms with Crippen molar-refractivity contribution in [2.75, 3.05) is 19.7 Å². The number of nitrogens with one attached hydrogen (secondary N) is 2. The minimum Gasteiger partial charge on any atom is -0.471 e. The molecule has 0 amide bonds. The second kappa shape index (κ2) is 6.58. The number of hydrogen-bond donors (Lipinski definition) is 3. The molecular weight excluding hydrogens is 342 g/mol. The molecule has 0 unspecified atom stereocenters. The molecule has 3 heterocycles. The Morgan fingerprint density at radius 1 is 1.22 bits per heavy atom. The number of aromatic nitrogens is 4. The van der Waals surface area contributed by atoms with E-state index in [9.17, 15) is 5.11 Å². The highest BCUT2D eigenvalue weighted by molar-refractivity contribution is 5.92. The fraction of sp³-hybridized carbons (Fsp3) is 0.450. The fourth-order valence-corrected chi connectivity index (χ4v) is 4.05. The van der Waals surface area contributed by atoms with Crippen molar-refractivity contribution in [3.05, 3.63) is 36.2 Å². The van der Waals surface area contributed by atoms with Crippen molar-refractivity contribution < 1.29 is 9.84 Å². The molecule has 7 heteroatoms. The number of aromatic amines is 1. The number of ether oxygens (including phenoxy) is 1. The number of aliphatic hydroxyl groups excluding tert-OH is 1. The summed E-state index contributed by atoms with van der Waals surface area (Å²) >= 11 is 0. The molecular formula is C20H23N5O2. The van der Waals surface area contributed by atoms with Crippen LogP contribution in [0.1, 0.15) is 24.8 Å². The van der Waals surface area contributed by atoms with Crippen LogP contribution in [-0.4, -0.2) is 51.1 Å². The first-order valence-electron chi connectivity index (χ1n) is 9.55. The van der Waals surface area contributed by atoms with Crippen LogP contribution in [0.4, 0.5) is 0 Å². The topological polar surface area (TPSA) is 96.0 Å². The Labute approximate surface area is 157 Å². The molecule has 1 saturated carbocycles. The second-order valence-corrected chi connectivity index (χ2v) is 7.59. The minimum atomic E-state index is 0.124. The maximum Gasteiger partial charge on any atom is 0.233 e. The monoisotopic (exact) mass is 365 g/mol. The van der Waals surface area contributed by atoms with Crippen molar-refractivity contribution in [2.24, 2.45) is 5.41 Å². The molecule has 1 aliphatic carbocycles. The lowest BCUT2D eigenvalue weighted by Crippen LogP contribution is -2.45. The van der Waals surface area contributed by atoms with E-state index in [1.807, 2.05) is 18.2 Å². The molecule has 1 spiro atoms. The van der Waals surface area contributed by atoms with Gasteiger partial charge in [-0.25, -0.2) is 4.98 Å². The molecule has 7 nitrogen and oxygen atoms in total. The number of fused-ring (bicyclic) bond motifs is 1. The Morgan fingerprint density at radius 2 is 2.15 bits per heavy atom. The van der Waals surface area contributed by atoms with Gasteiger partial charge in [0.1, 0.15) is 17.5 Å². The largest absolute Gasteiger partial charge is 0.471 e. The Kier molecular flexibility index (Phi) is 4.06. The lowest BCUT2D eigenvalue weighted by atomic mass is 9.92. The lowest BCUT2D eigenvalue weighted by molar-refractivity contribution is 0.0844. The standard InChI is InChI=1S/C20H23N5O2/c26-8-3-13-1-2-15-14(9-13)19(25-24-15)16-10-22-12-18(23-16)27-17-11-21-7-6-20(17)4-5-20/h1-2,9-10,12,17,21,26H,3-8,11H2,(H,24,25)/t17-/m0/s1. The first-order valence-corrected chi connectivity index (χ1v) is 9.55. The van der Waals surface area contributed by atoms with Crippen LogP contribution in [0.5, 0.6) is 5.88 Å². The van der Waals surface area contributed by atoms with Crippen molar-refractivity contribution in [1.82, 2.24) is 25.5 Å². The summed E-state index contributed by atoms with van der Waals surface area (Å²) in [5.74, 6) is 0.551. The molecule has 2 aromatic heterocycles. The van der Waals surface area contributed by atoms with E-state index in [0.717, 1.165) is 35.2 Å². The van der Waals surface area contributed by atoms with E-state index in [1.165, 1.54) is 19.3 Å². The summed E-state index contributed by atoms with van der Waals surface area (Å²) in [4.78, 5) is 9.02. The smallest absolute Gasteiger partial charge is 0.233 e. The average molecular weight is 365 g/mol. The Bertz CT molecular complexity index is 966. The van der Waals surface area contributed by atoms with Gasteiger partial charge in [0.2, 0.25) is 5.88 Å². The van der Waals surface area contributed by atoms with E-state index >= 15 is 0 Å². The molecule has 2 fully saturated rings. The highest BCUT2D eigenvalue weighted by atomic mass is 16.5. The maximum absolute atomic E-state index is 9.20. The van der Waals surface area contributed by atoms with Gasteiger partial charge in [0.15, 0.2) is 0 Å². The highest BCUT2D eigenvalue weighted by Crippen LogP contribution is 2.53. The van der Waals surface area contributed by atoms with Crippen LogP contribution in [0.2, 0.25) is 0 Å². The van der Waals surface area contributed by atoms with Gasteiger partial charge < -0.3 is 15.2 Å². The van der Waals surface area contributed by atoms with Gasteiger partial charge in [-0.1, -0.05) is 6.07 Å². The molecule has 5 rings (SSSR count). The van der Waals surface area contributed by atoms with Crippen molar-refractivity contribution in [3.8, 4) is 17.3 Å². The van der Waals surface area contributed by atoms with Gasteiger partial charge in [0, 0.05) is 24.0 Å². The molecule has 1 saturated heterocycles. The molecule has 1 aliphatic heterocycles. The van der Waals surface area contributed by atoms with Crippen LogP contribution in [0.3, 0.4) is 0 Å². The Balaban J connectivity index is 1.45. The third-order valence-electron chi connectivity index (χ3n) is 5.85. The number of nitrogens with zero attached hydrogens (tertiary/aromatic N) is 3. The fourth-order valence-electron chi connectivity index (χ4n) is 4.05. The van der Waals surface area contributed by atoms with Crippen LogP contribution >= 0.6 is 0 Å². The van der Waals surface area contributed by atoms with E-state index in [0.29, 0.717) is 23.4 Å². The van der Waals surface area contributed by atoms with E-state index < -0.39 is 0 Å². The van der Waals surface area contributed by atoms with Crippen LogP contribution in [0.25, 0.3) is 22.3 Å². The third kappa shape index (κ3) is 3.07. The quantitative estimate of drug-likeness (QED) is 0.641. The first kappa shape index (κ1) is 16.6. The molecule has 0 bridgehead atoms. The van der Waals surface area contributed by atoms with Crippen molar-refractivity contribution in [2.45, 2.75) is 31.8 Å². The molecule has 0 radical (unpaired) electrons. The number of piperidine rings is 1. The molecule has 1 aromatic carbocycles. The summed E-state index contributed by atoms with van der Waals surface area (Å²) < 4.78 is 6.24. The lowest BCUT2D eigenvalue weighted by Gasteiger charge is -2.32. The summed E-state index contributed by atoms with van der Waals surface area (Å²) in [5, 5.41) is 21.1. The first-order chi connectivity index (χ1) is 13.3. The van der Waals surface area contributed by atoms with Crippen LogP contribution in [-0.2, 0) is 6.42 Å². The van der Waals surface area contributed by atoms with Crippen LogP contribution in [0, 0.1) is 5.41 Å². The van der Waals surface area contributed by atoms with E-state index in [2.05, 4.69) is 25.5 Å². The maximum atomic E-state index is 9.20. The number of H-pyrrole nitrogens is 1. The van der Waals surface area contributed by atoms with E-state index in [-0.39, 0.29) is 12.7 Å². The van der Waals surface area contributed by atoms with Crippen LogP contribution < -0.4 is 10.1 Å². The van der Waals surface area contributed by atoms with Gasteiger partial charge in [-0.3, -0.25) is 10.1 Å². The normalized spacial score (nSPS) is 20.9. The number of aliphatic hydroxyl groups is 1.